The number of aliphatic hydroxyl groups excluding tert-OH is 2. The van der Waals surface area contributed by atoms with Crippen LogP contribution in [-0.2, 0) is 4.79 Å². The molecule has 0 aromatic heterocycles. The number of aliphatic hydroxyl groups is 2. The maximum atomic E-state index is 12.0. The fourth-order valence-electron chi connectivity index (χ4n) is 1.52. The summed E-state index contributed by atoms with van der Waals surface area (Å²) in [5.41, 5.74) is 5.67. The summed E-state index contributed by atoms with van der Waals surface area (Å²) in [4.78, 5) is 22.6. The van der Waals surface area contributed by atoms with Crippen molar-refractivity contribution in [3.05, 3.63) is 29.8 Å². The zero-order valence-electron chi connectivity index (χ0n) is 10.7. The predicted molar refractivity (Wildman–Crippen MR) is 69.6 cm³/mol. The Morgan fingerprint density at radius 1 is 1.30 bits per heavy atom. The molecule has 1 rings (SSSR count). The summed E-state index contributed by atoms with van der Waals surface area (Å²) in [7, 11) is 0. The molecule has 0 amide bonds. The van der Waals surface area contributed by atoms with Crippen LogP contribution in [0.4, 0.5) is 0 Å². The van der Waals surface area contributed by atoms with Crippen LogP contribution in [0.3, 0.4) is 0 Å². The van der Waals surface area contributed by atoms with Crippen LogP contribution in [0.25, 0.3) is 0 Å². The van der Waals surface area contributed by atoms with Gasteiger partial charge < -0.3 is 25.8 Å². The Labute approximate surface area is 115 Å². The van der Waals surface area contributed by atoms with E-state index in [1.807, 2.05) is 0 Å². The Hall–Kier alpha value is -1.96. The normalized spacial score (nSPS) is 13.6. The zero-order valence-corrected chi connectivity index (χ0v) is 10.7. The maximum Gasteiger partial charge on any atom is 0.305 e. The van der Waals surface area contributed by atoms with Gasteiger partial charge in [-0.15, -0.1) is 0 Å². The summed E-state index contributed by atoms with van der Waals surface area (Å²) < 4.78 is 5.23. The van der Waals surface area contributed by atoms with Crippen molar-refractivity contribution in [3.8, 4) is 5.75 Å². The fraction of sp³-hybridized carbons (Fsp3) is 0.385. The molecule has 1 aromatic rings. The number of carboxylic acid groups (broad SMARTS) is 1. The van der Waals surface area contributed by atoms with Gasteiger partial charge in [0.1, 0.15) is 18.5 Å². The molecule has 110 valence electrons. The van der Waals surface area contributed by atoms with Crippen LogP contribution in [0, 0.1) is 0 Å². The lowest BCUT2D eigenvalue weighted by Gasteiger charge is -2.14. The molecule has 0 aliphatic heterocycles. The minimum atomic E-state index is -1.17. The van der Waals surface area contributed by atoms with Gasteiger partial charge in [0.2, 0.25) is 0 Å². The van der Waals surface area contributed by atoms with Crippen molar-refractivity contribution in [3.63, 3.8) is 0 Å². The molecule has 0 saturated carbocycles. The van der Waals surface area contributed by atoms with Crippen molar-refractivity contribution < 1.29 is 29.6 Å². The Morgan fingerprint density at radius 3 is 2.55 bits per heavy atom. The van der Waals surface area contributed by atoms with E-state index in [-0.39, 0.29) is 17.9 Å². The first kappa shape index (κ1) is 16.1. The number of carbonyl (C=O) groups excluding carboxylic acids is 1. The summed E-state index contributed by atoms with van der Waals surface area (Å²) in [5, 5.41) is 26.5. The van der Waals surface area contributed by atoms with E-state index >= 15 is 0 Å². The predicted octanol–water partition coefficient (Wildman–Crippen LogP) is -0.597. The number of ether oxygens (including phenoxy) is 1. The lowest BCUT2D eigenvalue weighted by molar-refractivity contribution is -0.137. The molecule has 0 bridgehead atoms. The molecule has 0 aliphatic carbocycles. The molecular weight excluding hydrogens is 266 g/mol. The number of nitrogens with two attached hydrogens (primary N) is 1. The molecule has 20 heavy (non-hydrogen) atoms. The van der Waals surface area contributed by atoms with Crippen LogP contribution in [-0.4, -0.2) is 52.4 Å². The molecule has 0 heterocycles. The van der Waals surface area contributed by atoms with Crippen LogP contribution in [0.1, 0.15) is 16.8 Å². The minimum Gasteiger partial charge on any atom is -0.490 e. The first-order valence-electron chi connectivity index (χ1n) is 5.98. The van der Waals surface area contributed by atoms with Crippen molar-refractivity contribution in [1.82, 2.24) is 0 Å². The maximum absolute atomic E-state index is 12.0. The number of carbonyl (C=O) groups is 2. The van der Waals surface area contributed by atoms with Crippen LogP contribution in [0.2, 0.25) is 0 Å². The number of hydrogen-bond acceptors (Lipinski definition) is 6. The van der Waals surface area contributed by atoms with E-state index in [2.05, 4.69) is 0 Å². The zero-order chi connectivity index (χ0) is 15.1. The summed E-state index contributed by atoms with van der Waals surface area (Å²) >= 11 is 0. The number of carboxylic acids is 1. The first-order valence-corrected chi connectivity index (χ1v) is 5.98. The molecular formula is C13H17NO6. The van der Waals surface area contributed by atoms with E-state index in [0.717, 1.165) is 0 Å². The van der Waals surface area contributed by atoms with Gasteiger partial charge in [-0.2, -0.15) is 0 Å². The lowest BCUT2D eigenvalue weighted by atomic mass is 10.0. The second-order valence-corrected chi connectivity index (χ2v) is 4.21. The number of rotatable bonds is 8. The quantitative estimate of drug-likeness (QED) is 0.469. The highest BCUT2D eigenvalue weighted by Crippen LogP contribution is 2.20. The van der Waals surface area contributed by atoms with Crippen molar-refractivity contribution in [2.75, 3.05) is 13.2 Å². The van der Waals surface area contributed by atoms with Crippen LogP contribution >= 0.6 is 0 Å². The van der Waals surface area contributed by atoms with Crippen molar-refractivity contribution in [1.29, 1.82) is 0 Å². The van der Waals surface area contributed by atoms with Crippen molar-refractivity contribution in [2.45, 2.75) is 18.6 Å². The van der Waals surface area contributed by atoms with E-state index in [1.165, 1.54) is 12.1 Å². The van der Waals surface area contributed by atoms with E-state index in [4.69, 9.17) is 20.7 Å². The summed E-state index contributed by atoms with van der Waals surface area (Å²) in [6, 6.07) is 5.02. The van der Waals surface area contributed by atoms with E-state index in [0.29, 0.717) is 0 Å². The molecule has 7 nitrogen and oxygen atoms in total. The molecule has 0 fully saturated rings. The Bertz CT molecular complexity index is 476. The Morgan fingerprint density at radius 2 is 1.95 bits per heavy atom. The summed E-state index contributed by atoms with van der Waals surface area (Å²) in [6.45, 7) is -0.649. The van der Waals surface area contributed by atoms with Crippen LogP contribution in [0.15, 0.2) is 24.3 Å². The average Bonchev–Trinajstić information content (AvgIpc) is 2.43. The second-order valence-electron chi connectivity index (χ2n) is 4.21. The van der Waals surface area contributed by atoms with Gasteiger partial charge in [-0.3, -0.25) is 9.59 Å². The third-order valence-electron chi connectivity index (χ3n) is 2.53. The van der Waals surface area contributed by atoms with Crippen LogP contribution in [0.5, 0.6) is 5.75 Å². The molecule has 5 N–H and O–H groups in total. The Kier molecular flexibility index (Phi) is 6.10. The van der Waals surface area contributed by atoms with Gasteiger partial charge in [0.25, 0.3) is 0 Å². The third-order valence-corrected chi connectivity index (χ3v) is 2.53. The summed E-state index contributed by atoms with van der Waals surface area (Å²) in [6.07, 6.45) is -1.54. The van der Waals surface area contributed by atoms with E-state index in [1.54, 1.807) is 12.1 Å². The number of benzene rings is 1. The van der Waals surface area contributed by atoms with Gasteiger partial charge in [0.05, 0.1) is 24.6 Å². The number of Topliss-reactive ketones (excluding diaryl/α,β-unsaturated/α-hetero) is 1. The third kappa shape index (κ3) is 4.61. The largest absolute Gasteiger partial charge is 0.490 e. The smallest absolute Gasteiger partial charge is 0.305 e. The van der Waals surface area contributed by atoms with Crippen LogP contribution < -0.4 is 10.5 Å². The topological polar surface area (TPSA) is 130 Å². The first-order chi connectivity index (χ1) is 9.45. The highest BCUT2D eigenvalue weighted by molar-refractivity contribution is 6.03. The number of hydrogen-bond donors (Lipinski definition) is 4. The fourth-order valence-corrected chi connectivity index (χ4v) is 1.52. The Balaban J connectivity index is 2.83. The van der Waals surface area contributed by atoms with Gasteiger partial charge in [-0.1, -0.05) is 12.1 Å². The van der Waals surface area contributed by atoms with Gasteiger partial charge in [-0.05, 0) is 12.1 Å². The monoisotopic (exact) mass is 283 g/mol. The lowest BCUT2D eigenvalue weighted by Crippen LogP contribution is -2.33. The second kappa shape index (κ2) is 7.59. The SMILES string of the molecule is N[C@@H](CC(=O)O)C(=O)c1ccccc1OCC(O)CO. The minimum absolute atomic E-state index is 0.145. The van der Waals surface area contributed by atoms with Crippen molar-refractivity contribution >= 4 is 11.8 Å². The van der Waals surface area contributed by atoms with Gasteiger partial charge in [-0.25, -0.2) is 0 Å². The van der Waals surface area contributed by atoms with Gasteiger partial charge >= 0.3 is 5.97 Å². The molecule has 7 heteroatoms. The highest BCUT2D eigenvalue weighted by Gasteiger charge is 2.22. The van der Waals surface area contributed by atoms with Gasteiger partial charge in [0, 0.05) is 0 Å². The molecule has 0 radical (unpaired) electrons. The molecule has 1 aromatic carbocycles. The summed E-state index contributed by atoms with van der Waals surface area (Å²) in [5.74, 6) is -1.53. The molecule has 0 aliphatic rings. The number of aliphatic carboxylic acids is 1. The number of ketones is 1. The highest BCUT2D eigenvalue weighted by atomic mass is 16.5. The number of para-hydroxylation sites is 1. The molecule has 0 spiro atoms. The molecule has 2 atom stereocenters. The molecule has 1 unspecified atom stereocenters. The average molecular weight is 283 g/mol. The van der Waals surface area contributed by atoms with Crippen molar-refractivity contribution in [2.24, 2.45) is 5.73 Å². The molecule has 0 saturated heterocycles. The standard InChI is InChI=1S/C13H17NO6/c14-10(5-12(17)18)13(19)9-3-1-2-4-11(9)20-7-8(16)6-15/h1-4,8,10,15-16H,5-7,14H2,(H,17,18)/t8?,10-/m0/s1. The van der Waals surface area contributed by atoms with E-state index in [9.17, 15) is 14.7 Å². The van der Waals surface area contributed by atoms with Gasteiger partial charge in [0.15, 0.2) is 5.78 Å². The van der Waals surface area contributed by atoms with E-state index < -0.39 is 36.9 Å².